The zero-order valence-corrected chi connectivity index (χ0v) is 11.8. The largest absolute Gasteiger partial charge is 0.354 e. The fourth-order valence-electron chi connectivity index (χ4n) is 3.02. The monoisotopic (exact) mass is 267 g/mol. The number of rotatable bonds is 4. The highest BCUT2D eigenvalue weighted by molar-refractivity contribution is 5.88. The lowest BCUT2D eigenvalue weighted by atomic mass is 10.1. The Morgan fingerprint density at radius 3 is 2.68 bits per heavy atom. The number of nitrogens with one attached hydrogen (secondary N) is 2. The van der Waals surface area contributed by atoms with Gasteiger partial charge >= 0.3 is 0 Å². The van der Waals surface area contributed by atoms with E-state index in [1.54, 1.807) is 0 Å². The van der Waals surface area contributed by atoms with Gasteiger partial charge in [-0.05, 0) is 39.2 Å². The molecule has 108 valence electrons. The standard InChI is InChI=1S/C14H25N3O2/c1-17(11-6-2-3-7-11)10-13(18)16-12-8-4-5-9-15-14(12)19/h11-12H,2-10H2,1H3,(H,15,19)(H,16,18). The van der Waals surface area contributed by atoms with Gasteiger partial charge in [-0.3, -0.25) is 14.5 Å². The van der Waals surface area contributed by atoms with Crippen LogP contribution in [0.1, 0.15) is 44.9 Å². The van der Waals surface area contributed by atoms with Crippen LogP contribution in [0, 0.1) is 0 Å². The van der Waals surface area contributed by atoms with Crippen LogP contribution in [0.4, 0.5) is 0 Å². The third-order valence-corrected chi connectivity index (χ3v) is 4.21. The van der Waals surface area contributed by atoms with Crippen molar-refractivity contribution in [1.82, 2.24) is 15.5 Å². The smallest absolute Gasteiger partial charge is 0.242 e. The van der Waals surface area contributed by atoms with Crippen LogP contribution < -0.4 is 10.6 Å². The van der Waals surface area contributed by atoms with Crippen LogP contribution in [0.15, 0.2) is 0 Å². The van der Waals surface area contributed by atoms with Crippen molar-refractivity contribution in [3.8, 4) is 0 Å². The van der Waals surface area contributed by atoms with Gasteiger partial charge in [0.15, 0.2) is 0 Å². The van der Waals surface area contributed by atoms with Crippen molar-refractivity contribution < 1.29 is 9.59 Å². The van der Waals surface area contributed by atoms with Crippen molar-refractivity contribution in [2.75, 3.05) is 20.1 Å². The third-order valence-electron chi connectivity index (χ3n) is 4.21. The third kappa shape index (κ3) is 4.20. The number of hydrogen-bond donors (Lipinski definition) is 2. The molecule has 2 N–H and O–H groups in total. The van der Waals surface area contributed by atoms with Crippen LogP contribution in [0.2, 0.25) is 0 Å². The molecule has 0 aromatic heterocycles. The maximum Gasteiger partial charge on any atom is 0.242 e. The van der Waals surface area contributed by atoms with E-state index in [4.69, 9.17) is 0 Å². The molecule has 1 aliphatic heterocycles. The number of carbonyl (C=O) groups is 2. The molecule has 1 saturated heterocycles. The molecule has 0 spiro atoms. The average molecular weight is 267 g/mol. The summed E-state index contributed by atoms with van der Waals surface area (Å²) in [7, 11) is 2.00. The van der Waals surface area contributed by atoms with Gasteiger partial charge in [-0.2, -0.15) is 0 Å². The minimum absolute atomic E-state index is 0.0311. The summed E-state index contributed by atoms with van der Waals surface area (Å²) in [6, 6.07) is 0.195. The Bertz CT molecular complexity index is 327. The minimum atomic E-state index is -0.341. The zero-order chi connectivity index (χ0) is 13.7. The molecule has 2 amide bonds. The molecular formula is C14H25N3O2. The van der Waals surface area contributed by atoms with E-state index in [0.29, 0.717) is 12.6 Å². The van der Waals surface area contributed by atoms with E-state index in [1.807, 2.05) is 7.05 Å². The summed E-state index contributed by atoms with van der Waals surface area (Å²) >= 11 is 0. The first-order chi connectivity index (χ1) is 9.16. The maximum atomic E-state index is 12.0. The molecule has 0 aromatic rings. The Kier molecular flexibility index (Phi) is 5.19. The molecule has 2 fully saturated rings. The van der Waals surface area contributed by atoms with Gasteiger partial charge < -0.3 is 10.6 Å². The van der Waals surface area contributed by atoms with E-state index in [1.165, 1.54) is 25.7 Å². The molecule has 19 heavy (non-hydrogen) atoms. The Hall–Kier alpha value is -1.10. The van der Waals surface area contributed by atoms with E-state index >= 15 is 0 Å². The molecule has 5 nitrogen and oxygen atoms in total. The molecular weight excluding hydrogens is 242 g/mol. The Morgan fingerprint density at radius 1 is 1.26 bits per heavy atom. The average Bonchev–Trinajstić information content (AvgIpc) is 2.83. The SMILES string of the molecule is CN(CC(=O)NC1CCCCNC1=O)C1CCCC1. The predicted molar refractivity (Wildman–Crippen MR) is 73.7 cm³/mol. The first-order valence-electron chi connectivity index (χ1n) is 7.44. The summed E-state index contributed by atoms with van der Waals surface area (Å²) in [5.41, 5.74) is 0. The van der Waals surface area contributed by atoms with Crippen molar-refractivity contribution in [2.24, 2.45) is 0 Å². The van der Waals surface area contributed by atoms with Crippen LogP contribution in [0.3, 0.4) is 0 Å². The molecule has 1 heterocycles. The molecule has 0 radical (unpaired) electrons. The molecule has 0 aromatic carbocycles. The van der Waals surface area contributed by atoms with E-state index in [9.17, 15) is 9.59 Å². The van der Waals surface area contributed by atoms with Crippen LogP contribution in [0.25, 0.3) is 0 Å². The summed E-state index contributed by atoms with van der Waals surface area (Å²) in [6.45, 7) is 1.13. The number of amides is 2. The maximum absolute atomic E-state index is 12.0. The second-order valence-electron chi connectivity index (χ2n) is 5.76. The molecule has 1 saturated carbocycles. The topological polar surface area (TPSA) is 61.4 Å². The molecule has 1 unspecified atom stereocenters. The fourth-order valence-corrected chi connectivity index (χ4v) is 3.02. The predicted octanol–water partition coefficient (Wildman–Crippen LogP) is 0.646. The summed E-state index contributed by atoms with van der Waals surface area (Å²) in [5.74, 6) is -0.0641. The molecule has 0 bridgehead atoms. The highest BCUT2D eigenvalue weighted by Gasteiger charge is 2.25. The van der Waals surface area contributed by atoms with Crippen molar-refractivity contribution in [2.45, 2.75) is 57.0 Å². The first-order valence-corrected chi connectivity index (χ1v) is 7.44. The van der Waals surface area contributed by atoms with Crippen LogP contribution >= 0.6 is 0 Å². The number of hydrogen-bond acceptors (Lipinski definition) is 3. The first kappa shape index (κ1) is 14.3. The molecule has 5 heteroatoms. The van der Waals surface area contributed by atoms with Gasteiger partial charge in [0.1, 0.15) is 6.04 Å². The summed E-state index contributed by atoms with van der Waals surface area (Å²) < 4.78 is 0. The lowest BCUT2D eigenvalue weighted by Crippen LogP contribution is -2.49. The van der Waals surface area contributed by atoms with Gasteiger partial charge in [-0.1, -0.05) is 12.8 Å². The number of likely N-dealkylation sites (N-methyl/N-ethyl adjacent to an activating group) is 1. The van der Waals surface area contributed by atoms with Crippen molar-refractivity contribution in [3.05, 3.63) is 0 Å². The lowest BCUT2D eigenvalue weighted by molar-refractivity contribution is -0.129. The van der Waals surface area contributed by atoms with Gasteiger partial charge in [0, 0.05) is 12.6 Å². The van der Waals surface area contributed by atoms with Gasteiger partial charge in [-0.25, -0.2) is 0 Å². The summed E-state index contributed by atoms with van der Waals surface area (Å²) in [4.78, 5) is 25.9. The van der Waals surface area contributed by atoms with Crippen LogP contribution in [-0.2, 0) is 9.59 Å². The Labute approximate surface area is 115 Å². The normalized spacial score (nSPS) is 25.2. The van der Waals surface area contributed by atoms with Crippen LogP contribution in [-0.4, -0.2) is 48.9 Å². The highest BCUT2D eigenvalue weighted by Crippen LogP contribution is 2.21. The lowest BCUT2D eigenvalue weighted by Gasteiger charge is -2.24. The zero-order valence-electron chi connectivity index (χ0n) is 11.8. The van der Waals surface area contributed by atoms with Gasteiger partial charge in [-0.15, -0.1) is 0 Å². The molecule has 1 atom stereocenters. The minimum Gasteiger partial charge on any atom is -0.354 e. The second-order valence-corrected chi connectivity index (χ2v) is 5.76. The Morgan fingerprint density at radius 2 is 1.95 bits per heavy atom. The quantitative estimate of drug-likeness (QED) is 0.786. The summed E-state index contributed by atoms with van der Waals surface area (Å²) in [6.07, 6.45) is 7.65. The fraction of sp³-hybridized carbons (Fsp3) is 0.857. The van der Waals surface area contributed by atoms with Gasteiger partial charge in [0.05, 0.1) is 6.54 Å². The van der Waals surface area contributed by atoms with E-state index in [0.717, 1.165) is 25.8 Å². The van der Waals surface area contributed by atoms with E-state index in [2.05, 4.69) is 15.5 Å². The number of nitrogens with zero attached hydrogens (tertiary/aromatic N) is 1. The highest BCUT2D eigenvalue weighted by atomic mass is 16.2. The van der Waals surface area contributed by atoms with Gasteiger partial charge in [0.25, 0.3) is 0 Å². The molecule has 1 aliphatic carbocycles. The van der Waals surface area contributed by atoms with Gasteiger partial charge in [0.2, 0.25) is 11.8 Å². The van der Waals surface area contributed by atoms with E-state index < -0.39 is 0 Å². The van der Waals surface area contributed by atoms with Crippen LogP contribution in [0.5, 0.6) is 0 Å². The molecule has 2 rings (SSSR count). The Balaban J connectivity index is 1.77. The molecule has 2 aliphatic rings. The number of carbonyl (C=O) groups excluding carboxylic acids is 2. The second kappa shape index (κ2) is 6.89. The van der Waals surface area contributed by atoms with Crippen molar-refractivity contribution in [1.29, 1.82) is 0 Å². The van der Waals surface area contributed by atoms with Crippen molar-refractivity contribution >= 4 is 11.8 Å². The van der Waals surface area contributed by atoms with E-state index in [-0.39, 0.29) is 17.9 Å². The van der Waals surface area contributed by atoms with Crippen molar-refractivity contribution in [3.63, 3.8) is 0 Å². The summed E-state index contributed by atoms with van der Waals surface area (Å²) in [5, 5.41) is 5.71.